The fourth-order valence-corrected chi connectivity index (χ4v) is 13.5. The second-order valence-electron chi connectivity index (χ2n) is 15.6. The van der Waals surface area contributed by atoms with Gasteiger partial charge in [0.25, 0.3) is 0 Å². The van der Waals surface area contributed by atoms with Crippen LogP contribution in [0.3, 0.4) is 0 Å². The Labute approximate surface area is 335 Å². The molecule has 56 heavy (non-hydrogen) atoms. The molecule has 2 aliphatic heterocycles. The summed E-state index contributed by atoms with van der Waals surface area (Å²) in [6.45, 7) is 8.17. The van der Waals surface area contributed by atoms with Crippen LogP contribution < -0.4 is 9.47 Å². The van der Waals surface area contributed by atoms with E-state index in [1.54, 1.807) is 50.6 Å². The summed E-state index contributed by atoms with van der Waals surface area (Å²) in [7, 11) is -3.95. The van der Waals surface area contributed by atoms with Crippen LogP contribution in [0.15, 0.2) is 107 Å². The molecule has 6 atom stereocenters. The van der Waals surface area contributed by atoms with Crippen LogP contribution >= 0.6 is 0 Å². The normalized spacial score (nSPS) is 26.3. The third-order valence-corrected chi connectivity index (χ3v) is 16.4. The lowest BCUT2D eigenvalue weighted by atomic mass is 9.69. The molecule has 0 amide bonds. The van der Waals surface area contributed by atoms with Crippen LogP contribution in [0.4, 0.5) is 0 Å². The summed E-state index contributed by atoms with van der Waals surface area (Å²) < 4.78 is 64.4. The van der Waals surface area contributed by atoms with E-state index in [4.69, 9.17) is 9.47 Å². The van der Waals surface area contributed by atoms with Gasteiger partial charge in [-0.25, -0.2) is 16.8 Å². The van der Waals surface area contributed by atoms with Gasteiger partial charge in [-0.05, 0) is 84.3 Å². The van der Waals surface area contributed by atoms with E-state index in [1.165, 1.54) is 0 Å². The van der Waals surface area contributed by atoms with Crippen LogP contribution in [0.2, 0.25) is 0 Å². The molecule has 6 rings (SSSR count). The SMILES string of the molecule is CCCC[C@]1(CC)CS(=O)(=O)c2ccc(OC)cc2[C@@H](c2ccccc2)C1O.CCCC[C@]1(CC)CS(=O)(=O)c2ccc(OC)cc2[C@H](c2ccccc2)C1O. The minimum absolute atomic E-state index is 0.0275. The predicted molar refractivity (Wildman–Crippen MR) is 223 cm³/mol. The highest BCUT2D eigenvalue weighted by Gasteiger charge is 2.50. The highest BCUT2D eigenvalue weighted by molar-refractivity contribution is 7.91. The van der Waals surface area contributed by atoms with Crippen molar-refractivity contribution in [1.29, 1.82) is 0 Å². The van der Waals surface area contributed by atoms with E-state index in [9.17, 15) is 27.0 Å². The quantitative estimate of drug-likeness (QED) is 0.145. The Kier molecular flexibility index (Phi) is 14.2. The molecular formula is C46H60O8S2. The van der Waals surface area contributed by atoms with Gasteiger partial charge < -0.3 is 19.7 Å². The molecule has 0 spiro atoms. The predicted octanol–water partition coefficient (Wildman–Crippen LogP) is 9.12. The van der Waals surface area contributed by atoms with E-state index < -0.39 is 54.5 Å². The average molecular weight is 805 g/mol. The number of fused-ring (bicyclic) bond motifs is 2. The van der Waals surface area contributed by atoms with Crippen molar-refractivity contribution in [3.8, 4) is 11.5 Å². The lowest BCUT2D eigenvalue weighted by Crippen LogP contribution is -2.42. The summed E-state index contributed by atoms with van der Waals surface area (Å²) in [5.74, 6) is 0.306. The third kappa shape index (κ3) is 8.74. The number of rotatable bonds is 12. The first-order valence-corrected chi connectivity index (χ1v) is 23.3. The van der Waals surface area contributed by atoms with Crippen molar-refractivity contribution in [1.82, 2.24) is 0 Å². The first kappa shape index (κ1) is 43.4. The number of unbranched alkanes of at least 4 members (excludes halogenated alkanes) is 2. The number of ether oxygens (including phenoxy) is 2. The largest absolute Gasteiger partial charge is 0.497 e. The first-order chi connectivity index (χ1) is 26.8. The van der Waals surface area contributed by atoms with E-state index in [0.29, 0.717) is 58.1 Å². The van der Waals surface area contributed by atoms with Crippen molar-refractivity contribution in [2.75, 3.05) is 25.7 Å². The molecule has 0 radical (unpaired) electrons. The molecule has 0 aliphatic carbocycles. The topological polar surface area (TPSA) is 127 Å². The van der Waals surface area contributed by atoms with Gasteiger partial charge in [-0.2, -0.15) is 0 Å². The summed E-state index contributed by atoms with van der Waals surface area (Å²) >= 11 is 0. The molecule has 2 heterocycles. The molecule has 304 valence electrons. The van der Waals surface area contributed by atoms with E-state index in [2.05, 4.69) is 13.8 Å². The van der Waals surface area contributed by atoms with E-state index in [0.717, 1.165) is 36.8 Å². The second kappa shape index (κ2) is 18.3. The second-order valence-corrected chi connectivity index (χ2v) is 19.5. The number of hydrogen-bond acceptors (Lipinski definition) is 8. The Morgan fingerprint density at radius 2 is 0.929 bits per heavy atom. The minimum Gasteiger partial charge on any atom is -0.497 e. The number of benzene rings is 4. The molecule has 0 saturated heterocycles. The highest BCUT2D eigenvalue weighted by Crippen LogP contribution is 2.51. The standard InChI is InChI=1S/2C23H30O4S/c2*1-4-6-14-23(5-2)16-28(25,26)20-13-12-18(27-3)15-19(20)21(22(23)24)17-10-8-7-9-11-17/h2*7-13,15,21-22,24H,4-6,14,16H2,1-3H3/t21-,22?,23+;21-,22?,23-/m01/s1. The number of methoxy groups -OCH3 is 2. The van der Waals surface area contributed by atoms with Crippen molar-refractivity contribution in [2.24, 2.45) is 10.8 Å². The zero-order valence-corrected chi connectivity index (χ0v) is 35.4. The number of aliphatic hydroxyl groups is 2. The Morgan fingerprint density at radius 3 is 1.23 bits per heavy atom. The fourth-order valence-electron chi connectivity index (χ4n) is 9.01. The molecule has 4 aromatic carbocycles. The van der Waals surface area contributed by atoms with Crippen LogP contribution in [0.25, 0.3) is 0 Å². The third-order valence-electron chi connectivity index (χ3n) is 12.4. The summed E-state index contributed by atoms with van der Waals surface area (Å²) in [6, 6.07) is 29.7. The maximum absolute atomic E-state index is 13.4. The van der Waals surface area contributed by atoms with Crippen molar-refractivity contribution in [3.05, 3.63) is 119 Å². The molecule has 10 heteroatoms. The van der Waals surface area contributed by atoms with E-state index in [1.807, 2.05) is 74.5 Å². The Bertz CT molecular complexity index is 1970. The lowest BCUT2D eigenvalue weighted by Gasteiger charge is -2.39. The molecule has 0 bridgehead atoms. The molecule has 0 aromatic heterocycles. The van der Waals surface area contributed by atoms with Gasteiger partial charge in [-0.1, -0.05) is 114 Å². The fraction of sp³-hybridized carbons (Fsp3) is 0.478. The summed E-state index contributed by atoms with van der Waals surface area (Å²) in [5.41, 5.74) is 1.75. The zero-order valence-electron chi connectivity index (χ0n) is 33.8. The van der Waals surface area contributed by atoms with Gasteiger partial charge in [0.05, 0.1) is 47.7 Å². The number of aliphatic hydroxyl groups excluding tert-OH is 2. The maximum Gasteiger partial charge on any atom is 0.179 e. The molecule has 0 fully saturated rings. The summed E-state index contributed by atoms with van der Waals surface area (Å²) in [6.07, 6.45) is 4.72. The van der Waals surface area contributed by atoms with Crippen LogP contribution in [0, 0.1) is 10.8 Å². The summed E-state index contributed by atoms with van der Waals surface area (Å²) in [5, 5.41) is 23.4. The highest BCUT2D eigenvalue weighted by atomic mass is 32.2. The molecule has 2 aliphatic rings. The van der Waals surface area contributed by atoms with Gasteiger partial charge in [-0.15, -0.1) is 0 Å². The first-order valence-electron chi connectivity index (χ1n) is 20.0. The van der Waals surface area contributed by atoms with Crippen molar-refractivity contribution in [3.63, 3.8) is 0 Å². The van der Waals surface area contributed by atoms with Crippen LogP contribution in [-0.4, -0.2) is 65.0 Å². The Hall–Kier alpha value is -3.70. The summed E-state index contributed by atoms with van der Waals surface area (Å²) in [4.78, 5) is 0.626. The van der Waals surface area contributed by atoms with Gasteiger partial charge in [0.1, 0.15) is 11.5 Å². The van der Waals surface area contributed by atoms with Crippen molar-refractivity contribution >= 4 is 19.7 Å². The van der Waals surface area contributed by atoms with E-state index in [-0.39, 0.29) is 11.5 Å². The molecule has 4 aromatic rings. The van der Waals surface area contributed by atoms with Crippen molar-refractivity contribution < 1.29 is 36.5 Å². The van der Waals surface area contributed by atoms with Gasteiger partial charge in [0.15, 0.2) is 19.7 Å². The monoisotopic (exact) mass is 804 g/mol. The van der Waals surface area contributed by atoms with Crippen LogP contribution in [-0.2, 0) is 19.7 Å². The molecule has 2 unspecified atom stereocenters. The lowest BCUT2D eigenvalue weighted by molar-refractivity contribution is 0.0173. The van der Waals surface area contributed by atoms with Gasteiger partial charge in [0.2, 0.25) is 0 Å². The van der Waals surface area contributed by atoms with Gasteiger partial charge in [0, 0.05) is 22.7 Å². The molecular weight excluding hydrogens is 745 g/mol. The zero-order chi connectivity index (χ0) is 40.7. The minimum atomic E-state index is -3.54. The smallest absolute Gasteiger partial charge is 0.179 e. The Morgan fingerprint density at radius 1 is 0.571 bits per heavy atom. The van der Waals surface area contributed by atoms with Gasteiger partial charge in [-0.3, -0.25) is 0 Å². The maximum atomic E-state index is 13.4. The average Bonchev–Trinajstić information content (AvgIpc) is 3.33. The van der Waals surface area contributed by atoms with E-state index >= 15 is 0 Å². The molecule has 0 saturated carbocycles. The van der Waals surface area contributed by atoms with Gasteiger partial charge >= 0.3 is 0 Å². The van der Waals surface area contributed by atoms with Crippen molar-refractivity contribution in [2.45, 2.75) is 113 Å². The number of sulfone groups is 2. The number of hydrogen-bond donors (Lipinski definition) is 2. The van der Waals surface area contributed by atoms with Crippen LogP contribution in [0.5, 0.6) is 11.5 Å². The molecule has 8 nitrogen and oxygen atoms in total. The Balaban J connectivity index is 0.000000214. The van der Waals surface area contributed by atoms with Crippen LogP contribution in [0.1, 0.15) is 113 Å². The molecule has 2 N–H and O–H groups in total.